The van der Waals surface area contributed by atoms with E-state index in [-0.39, 0.29) is 17.1 Å². The molecule has 29 heavy (non-hydrogen) atoms. The van der Waals surface area contributed by atoms with E-state index in [4.69, 9.17) is 0 Å². The molecule has 4 saturated carbocycles. The highest BCUT2D eigenvalue weighted by Gasteiger charge is 2.53. The van der Waals surface area contributed by atoms with Crippen LogP contribution in [-0.2, 0) is 0 Å². The van der Waals surface area contributed by atoms with Gasteiger partial charge in [-0.05, 0) is 74.2 Å². The Labute approximate surface area is 170 Å². The second-order valence-electron chi connectivity index (χ2n) is 9.28. The quantitative estimate of drug-likeness (QED) is 0.350. The van der Waals surface area contributed by atoms with Crippen LogP contribution in [0.25, 0.3) is 0 Å². The molecule has 1 unspecified atom stereocenters. The van der Waals surface area contributed by atoms with Gasteiger partial charge >= 0.3 is 5.69 Å². The Hall–Kier alpha value is -2.51. The van der Waals surface area contributed by atoms with E-state index in [1.165, 1.54) is 50.7 Å². The second-order valence-corrected chi connectivity index (χ2v) is 9.28. The number of rotatable bonds is 8. The minimum Gasteiger partial charge on any atom is -0.272 e. The summed E-state index contributed by atoms with van der Waals surface area (Å²) in [5.41, 5.74) is 2.66. The summed E-state index contributed by atoms with van der Waals surface area (Å²) in [5.74, 6) is 2.94. The molecule has 156 valence electrons. The average Bonchev–Trinajstić information content (AvgIpc) is 2.66. The number of nitro groups is 2. The van der Waals surface area contributed by atoms with Gasteiger partial charge in [0.15, 0.2) is 0 Å². The summed E-state index contributed by atoms with van der Waals surface area (Å²) in [6.45, 7) is 2.19. The van der Waals surface area contributed by atoms with Crippen molar-refractivity contribution in [1.29, 1.82) is 0 Å². The molecule has 5 rings (SSSR count). The van der Waals surface area contributed by atoms with Crippen molar-refractivity contribution < 1.29 is 9.85 Å². The van der Waals surface area contributed by atoms with Crippen molar-refractivity contribution in [2.24, 2.45) is 34.2 Å². The molecule has 1 N–H and O–H groups in total. The highest BCUT2D eigenvalue weighted by atomic mass is 16.6. The molecular formula is C21H28N4O4. The standard InChI is InChI=1S/C21H28N4O4/c1-2-3-17(21-10-14-6-15(11-21)8-16(7-14)12-21)13-22-23-19-5-4-18(24(26)27)9-20(19)25(28)29/h4-5,9,13-17,23H,2-3,6-8,10-12H2,1H3. The zero-order chi connectivity index (χ0) is 20.6. The van der Waals surface area contributed by atoms with Gasteiger partial charge in [0.1, 0.15) is 5.69 Å². The summed E-state index contributed by atoms with van der Waals surface area (Å²) < 4.78 is 0. The summed E-state index contributed by atoms with van der Waals surface area (Å²) in [6, 6.07) is 3.58. The van der Waals surface area contributed by atoms with E-state index < -0.39 is 9.85 Å². The fourth-order valence-electron chi connectivity index (χ4n) is 6.56. The van der Waals surface area contributed by atoms with Gasteiger partial charge < -0.3 is 0 Å². The predicted molar refractivity (Wildman–Crippen MR) is 111 cm³/mol. The first-order valence-corrected chi connectivity index (χ1v) is 10.6. The van der Waals surface area contributed by atoms with Crippen molar-refractivity contribution in [3.63, 3.8) is 0 Å². The molecule has 4 bridgehead atoms. The van der Waals surface area contributed by atoms with Gasteiger partial charge in [-0.15, -0.1) is 0 Å². The third-order valence-electron chi connectivity index (χ3n) is 7.30. The van der Waals surface area contributed by atoms with Crippen LogP contribution in [0, 0.1) is 49.3 Å². The third kappa shape index (κ3) is 3.84. The zero-order valence-electron chi connectivity index (χ0n) is 16.8. The summed E-state index contributed by atoms with van der Waals surface area (Å²) in [6.07, 6.45) is 12.1. The van der Waals surface area contributed by atoms with Gasteiger partial charge in [0.25, 0.3) is 5.69 Å². The minimum absolute atomic E-state index is 0.178. The number of nitrogens with one attached hydrogen (secondary N) is 1. The van der Waals surface area contributed by atoms with Crippen LogP contribution in [0.2, 0.25) is 0 Å². The molecular weight excluding hydrogens is 372 g/mol. The Balaban J connectivity index is 1.53. The number of hydrogen-bond acceptors (Lipinski definition) is 6. The van der Waals surface area contributed by atoms with Crippen LogP contribution >= 0.6 is 0 Å². The Morgan fingerprint density at radius 2 is 1.76 bits per heavy atom. The Morgan fingerprint density at radius 1 is 1.14 bits per heavy atom. The molecule has 0 amide bonds. The van der Waals surface area contributed by atoms with Gasteiger partial charge in [0, 0.05) is 18.2 Å². The fourth-order valence-corrected chi connectivity index (χ4v) is 6.56. The molecule has 1 atom stereocenters. The predicted octanol–water partition coefficient (Wildman–Crippen LogP) is 5.53. The van der Waals surface area contributed by atoms with E-state index >= 15 is 0 Å². The second kappa shape index (κ2) is 7.72. The first kappa shape index (κ1) is 19.8. The van der Waals surface area contributed by atoms with Crippen molar-refractivity contribution in [3.8, 4) is 0 Å². The maximum Gasteiger partial charge on any atom is 0.301 e. The highest BCUT2D eigenvalue weighted by molar-refractivity contribution is 5.68. The average molecular weight is 400 g/mol. The van der Waals surface area contributed by atoms with E-state index in [0.717, 1.165) is 36.7 Å². The number of nitrogens with zero attached hydrogens (tertiary/aromatic N) is 3. The molecule has 0 saturated heterocycles. The van der Waals surface area contributed by atoms with Gasteiger partial charge in [-0.2, -0.15) is 5.10 Å². The molecule has 0 radical (unpaired) electrons. The van der Waals surface area contributed by atoms with E-state index in [2.05, 4.69) is 17.5 Å². The first-order chi connectivity index (χ1) is 13.9. The van der Waals surface area contributed by atoms with Crippen molar-refractivity contribution in [3.05, 3.63) is 38.4 Å². The van der Waals surface area contributed by atoms with Crippen LogP contribution in [-0.4, -0.2) is 16.1 Å². The van der Waals surface area contributed by atoms with Crippen LogP contribution in [0.5, 0.6) is 0 Å². The maximum absolute atomic E-state index is 11.3. The molecule has 0 heterocycles. The Kier molecular flexibility index (Phi) is 5.27. The van der Waals surface area contributed by atoms with Crippen molar-refractivity contribution in [1.82, 2.24) is 0 Å². The Bertz CT molecular complexity index is 803. The van der Waals surface area contributed by atoms with E-state index in [1.807, 2.05) is 6.21 Å². The lowest BCUT2D eigenvalue weighted by molar-refractivity contribution is -0.393. The molecule has 0 spiro atoms. The lowest BCUT2D eigenvalue weighted by atomic mass is 9.46. The maximum atomic E-state index is 11.3. The molecule has 4 aliphatic carbocycles. The van der Waals surface area contributed by atoms with Crippen LogP contribution in [0.4, 0.5) is 17.1 Å². The fraction of sp³-hybridized carbons (Fsp3) is 0.667. The minimum atomic E-state index is -0.635. The number of hydrazone groups is 1. The molecule has 0 aliphatic heterocycles. The van der Waals surface area contributed by atoms with Crippen molar-refractivity contribution in [2.75, 3.05) is 5.43 Å². The number of non-ortho nitro benzene ring substituents is 1. The monoisotopic (exact) mass is 400 g/mol. The smallest absolute Gasteiger partial charge is 0.272 e. The lowest BCUT2D eigenvalue weighted by Gasteiger charge is -2.59. The molecule has 8 heteroatoms. The van der Waals surface area contributed by atoms with Crippen molar-refractivity contribution >= 4 is 23.3 Å². The number of nitro benzene ring substituents is 2. The summed E-state index contributed by atoms with van der Waals surface area (Å²) in [5, 5.41) is 26.6. The van der Waals surface area contributed by atoms with Gasteiger partial charge in [0.2, 0.25) is 0 Å². The van der Waals surface area contributed by atoms with E-state index in [0.29, 0.717) is 11.3 Å². The molecule has 8 nitrogen and oxygen atoms in total. The topological polar surface area (TPSA) is 111 Å². The normalized spacial score (nSPS) is 31.1. The SMILES string of the molecule is CCCC(C=NNc1ccc([N+](=O)[O-])cc1[N+](=O)[O-])C12CC3CC(CC(C3)C1)C2. The van der Waals surface area contributed by atoms with Gasteiger partial charge in [-0.3, -0.25) is 25.7 Å². The van der Waals surface area contributed by atoms with Gasteiger partial charge in [-0.1, -0.05) is 13.3 Å². The van der Waals surface area contributed by atoms with Crippen LogP contribution < -0.4 is 5.43 Å². The molecule has 1 aromatic rings. The summed E-state index contributed by atoms with van der Waals surface area (Å²) in [4.78, 5) is 21.0. The molecule has 4 aliphatic rings. The largest absolute Gasteiger partial charge is 0.301 e. The van der Waals surface area contributed by atoms with Crippen LogP contribution in [0.1, 0.15) is 58.3 Å². The zero-order valence-corrected chi connectivity index (χ0v) is 16.8. The molecule has 4 fully saturated rings. The van der Waals surface area contributed by atoms with Crippen molar-refractivity contribution in [2.45, 2.75) is 58.3 Å². The van der Waals surface area contributed by atoms with Crippen LogP contribution in [0.3, 0.4) is 0 Å². The molecule has 1 aromatic carbocycles. The van der Waals surface area contributed by atoms with Crippen LogP contribution in [0.15, 0.2) is 23.3 Å². The summed E-state index contributed by atoms with van der Waals surface area (Å²) >= 11 is 0. The van der Waals surface area contributed by atoms with E-state index in [1.54, 1.807) is 0 Å². The summed E-state index contributed by atoms with van der Waals surface area (Å²) in [7, 11) is 0. The van der Waals surface area contributed by atoms with E-state index in [9.17, 15) is 20.2 Å². The van der Waals surface area contributed by atoms with Gasteiger partial charge in [0.05, 0.1) is 15.9 Å². The molecule has 0 aromatic heterocycles. The Morgan fingerprint density at radius 3 is 2.28 bits per heavy atom. The highest BCUT2D eigenvalue weighted by Crippen LogP contribution is 2.63. The third-order valence-corrected chi connectivity index (χ3v) is 7.30. The number of hydrogen-bond donors (Lipinski definition) is 1. The van der Waals surface area contributed by atoms with Gasteiger partial charge in [-0.25, -0.2) is 0 Å². The lowest BCUT2D eigenvalue weighted by Crippen LogP contribution is -2.50. The first-order valence-electron chi connectivity index (χ1n) is 10.6. The number of benzene rings is 1. The number of anilines is 1.